The Morgan fingerprint density at radius 1 is 1.08 bits per heavy atom. The summed E-state index contributed by atoms with van der Waals surface area (Å²) in [5.74, 6) is 0.300. The van der Waals surface area contributed by atoms with Crippen LogP contribution >= 0.6 is 34.5 Å². The predicted molar refractivity (Wildman–Crippen MR) is 199 cm³/mol. The SMILES string of the molecule is C=C/C(Cl)=C(C[C@H](OC(=O)c1ccc(CNC(C)(C(=O)O[C@H]2C[N+]3(O)CCC2CC3)c2ccccc2)s1)c1ccc(OC)c(OC)c1)\C(Cl)=C/C. The van der Waals surface area contributed by atoms with Crippen LogP contribution in [0.15, 0.2) is 95.0 Å². The van der Waals surface area contributed by atoms with Gasteiger partial charge in [0.25, 0.3) is 0 Å². The zero-order valence-electron chi connectivity index (χ0n) is 29.3. The normalized spacial score (nSPS) is 22.3. The smallest absolute Gasteiger partial charge is 0.348 e. The van der Waals surface area contributed by atoms with E-state index in [0.717, 1.165) is 23.3 Å². The van der Waals surface area contributed by atoms with E-state index in [-0.39, 0.29) is 29.6 Å². The number of hydrogen-bond donors (Lipinski definition) is 2. The molecule has 0 aliphatic carbocycles. The molecule has 272 valence electrons. The highest BCUT2D eigenvalue weighted by molar-refractivity contribution is 7.13. The molecule has 1 aromatic heterocycles. The number of carbonyl (C=O) groups excluding carboxylic acids is 2. The summed E-state index contributed by atoms with van der Waals surface area (Å²) < 4.78 is 23.2. The number of thiophene rings is 1. The van der Waals surface area contributed by atoms with Gasteiger partial charge in [-0.3, -0.25) is 5.32 Å². The maximum absolute atomic E-state index is 13.9. The van der Waals surface area contributed by atoms with Crippen LogP contribution in [0.5, 0.6) is 11.5 Å². The number of allylic oxidation sites excluding steroid dienone is 4. The number of methoxy groups -OCH3 is 2. The Hall–Kier alpha value is -3.64. The summed E-state index contributed by atoms with van der Waals surface area (Å²) in [5.41, 5.74) is 0.789. The summed E-state index contributed by atoms with van der Waals surface area (Å²) in [6.45, 7) is 9.44. The second-order valence-corrected chi connectivity index (χ2v) is 15.0. The van der Waals surface area contributed by atoms with Crippen molar-refractivity contribution in [2.24, 2.45) is 5.92 Å². The molecule has 0 spiro atoms. The number of nitrogens with zero attached hydrogens (tertiary/aromatic N) is 1. The molecule has 3 aromatic rings. The Balaban J connectivity index is 1.35. The Kier molecular flexibility index (Phi) is 12.7. The van der Waals surface area contributed by atoms with E-state index in [4.69, 9.17) is 42.1 Å². The molecule has 3 fully saturated rings. The van der Waals surface area contributed by atoms with E-state index in [0.29, 0.717) is 57.2 Å². The maximum atomic E-state index is 13.9. The number of quaternary nitrogens is 1. The number of hydrogen-bond acceptors (Lipinski definition) is 9. The van der Waals surface area contributed by atoms with E-state index < -0.39 is 23.6 Å². The minimum Gasteiger partial charge on any atom is -0.493 e. The lowest BCUT2D eigenvalue weighted by Crippen LogP contribution is -2.63. The molecule has 1 unspecified atom stereocenters. The summed E-state index contributed by atoms with van der Waals surface area (Å²) in [6, 6.07) is 18.3. The van der Waals surface area contributed by atoms with Crippen LogP contribution < -0.4 is 14.8 Å². The summed E-state index contributed by atoms with van der Waals surface area (Å²) >= 11 is 14.3. The highest BCUT2D eigenvalue weighted by Gasteiger charge is 2.49. The number of benzene rings is 2. The third-order valence-corrected chi connectivity index (χ3v) is 11.7. The number of carbonyl (C=O) groups is 2. The Morgan fingerprint density at radius 3 is 2.41 bits per heavy atom. The fourth-order valence-electron chi connectivity index (χ4n) is 6.67. The molecule has 3 aliphatic heterocycles. The van der Waals surface area contributed by atoms with Crippen molar-refractivity contribution in [3.63, 3.8) is 0 Å². The second kappa shape index (κ2) is 16.8. The molecule has 51 heavy (non-hydrogen) atoms. The number of piperidine rings is 3. The molecule has 3 aliphatic rings. The number of rotatable bonds is 15. The monoisotopic (exact) mass is 755 g/mol. The Morgan fingerprint density at radius 2 is 1.78 bits per heavy atom. The van der Waals surface area contributed by atoms with Crippen LogP contribution in [0, 0.1) is 5.92 Å². The van der Waals surface area contributed by atoms with E-state index in [1.807, 2.05) is 36.4 Å². The van der Waals surface area contributed by atoms with Crippen molar-refractivity contribution in [1.82, 2.24) is 5.32 Å². The van der Waals surface area contributed by atoms with Crippen molar-refractivity contribution >= 4 is 46.5 Å². The lowest BCUT2D eigenvalue weighted by Gasteiger charge is -2.47. The molecular weight excluding hydrogens is 711 g/mol. The van der Waals surface area contributed by atoms with Gasteiger partial charge in [-0.05, 0) is 54.8 Å². The molecule has 4 heterocycles. The topological polar surface area (TPSA) is 103 Å². The molecule has 0 radical (unpaired) electrons. The first kappa shape index (κ1) is 38.6. The van der Waals surface area contributed by atoms with Gasteiger partial charge < -0.3 is 18.9 Å². The third-order valence-electron chi connectivity index (χ3n) is 9.80. The molecule has 0 saturated carbocycles. The minimum atomic E-state index is -1.18. The average Bonchev–Trinajstić information content (AvgIpc) is 3.64. The number of hydroxylamine groups is 3. The van der Waals surface area contributed by atoms with Gasteiger partial charge in [0.2, 0.25) is 0 Å². The number of esters is 2. The zero-order valence-corrected chi connectivity index (χ0v) is 31.7. The van der Waals surface area contributed by atoms with Gasteiger partial charge in [0.1, 0.15) is 36.2 Å². The number of nitrogens with one attached hydrogen (secondary N) is 1. The minimum absolute atomic E-state index is 0.0495. The number of fused-ring (bicyclic) bond motifs is 3. The first-order chi connectivity index (χ1) is 24.4. The Bertz CT molecular complexity index is 1780. The van der Waals surface area contributed by atoms with Crippen LogP contribution in [-0.4, -0.2) is 61.8 Å². The van der Waals surface area contributed by atoms with Crippen LogP contribution in [0.4, 0.5) is 0 Å². The van der Waals surface area contributed by atoms with Crippen molar-refractivity contribution in [1.29, 1.82) is 0 Å². The van der Waals surface area contributed by atoms with Crippen LogP contribution in [0.3, 0.4) is 0 Å². The van der Waals surface area contributed by atoms with Crippen LogP contribution in [-0.2, 0) is 26.4 Å². The first-order valence-corrected chi connectivity index (χ1v) is 18.5. The first-order valence-electron chi connectivity index (χ1n) is 16.9. The molecule has 9 nitrogen and oxygen atoms in total. The lowest BCUT2D eigenvalue weighted by atomic mass is 9.84. The molecule has 2 aromatic carbocycles. The van der Waals surface area contributed by atoms with Gasteiger partial charge in [0.05, 0.1) is 14.2 Å². The van der Waals surface area contributed by atoms with Gasteiger partial charge >= 0.3 is 11.9 Å². The molecule has 12 heteroatoms. The lowest BCUT2D eigenvalue weighted by molar-refractivity contribution is -1.11. The van der Waals surface area contributed by atoms with E-state index in [1.165, 1.54) is 24.5 Å². The second-order valence-electron chi connectivity index (χ2n) is 13.0. The van der Waals surface area contributed by atoms with Crippen molar-refractivity contribution in [2.45, 2.75) is 57.4 Å². The summed E-state index contributed by atoms with van der Waals surface area (Å²) in [4.78, 5) is 28.8. The average molecular weight is 757 g/mol. The molecular formula is C39H45Cl2N2O7S+. The molecule has 0 amide bonds. The Labute approximate surface area is 313 Å². The van der Waals surface area contributed by atoms with E-state index >= 15 is 0 Å². The number of ether oxygens (including phenoxy) is 4. The molecule has 2 bridgehead atoms. The van der Waals surface area contributed by atoms with Crippen molar-refractivity contribution in [3.05, 3.63) is 116 Å². The maximum Gasteiger partial charge on any atom is 0.348 e. The quantitative estimate of drug-likeness (QED) is 0.0906. The van der Waals surface area contributed by atoms with E-state index in [1.54, 1.807) is 51.3 Å². The molecule has 3 saturated heterocycles. The predicted octanol–water partition coefficient (Wildman–Crippen LogP) is 8.42. The highest BCUT2D eigenvalue weighted by atomic mass is 35.5. The van der Waals surface area contributed by atoms with Gasteiger partial charge in [0.15, 0.2) is 17.6 Å². The standard InChI is InChI=1S/C39H45Cl2N2O7S/c1-6-30(40)29(31(41)7-2)22-33(26-13-15-32(47-4)34(21-26)48-5)49-37(44)36-16-14-28(51-36)23-42-39(3,27-11-9-8-10-12-27)38(45)50-35-24-43(46)19-17-25(35)18-20-43/h6-16,21,25,33,35,42,46H,1,17-20,22-24H2,2-5H3/q+1/b30-29+,31-7+/t25?,33-,35-,39?,43?/m0/s1. The highest BCUT2D eigenvalue weighted by Crippen LogP contribution is 2.39. The van der Waals surface area contributed by atoms with E-state index in [2.05, 4.69) is 11.9 Å². The molecule has 3 atom stereocenters. The molecule has 2 N–H and O–H groups in total. The number of halogens is 2. The summed E-state index contributed by atoms with van der Waals surface area (Å²) in [7, 11) is 3.08. The summed E-state index contributed by atoms with van der Waals surface area (Å²) in [5, 5.41) is 15.0. The molecule has 6 rings (SSSR count). The van der Waals surface area contributed by atoms with Gasteiger partial charge in [-0.2, -0.15) is 4.65 Å². The van der Waals surface area contributed by atoms with Crippen molar-refractivity contribution in [3.8, 4) is 11.5 Å². The van der Waals surface area contributed by atoms with Crippen molar-refractivity contribution < 1.29 is 38.4 Å². The largest absolute Gasteiger partial charge is 0.493 e. The van der Waals surface area contributed by atoms with Crippen LogP contribution in [0.2, 0.25) is 0 Å². The van der Waals surface area contributed by atoms with Crippen LogP contribution in [0.1, 0.15) is 64.9 Å². The van der Waals surface area contributed by atoms with Crippen LogP contribution in [0.25, 0.3) is 0 Å². The fraction of sp³-hybridized carbons (Fsp3) is 0.385. The van der Waals surface area contributed by atoms with Gasteiger partial charge in [-0.15, -0.1) is 11.3 Å². The summed E-state index contributed by atoms with van der Waals surface area (Å²) in [6.07, 6.45) is 3.89. The van der Waals surface area contributed by atoms with Gasteiger partial charge in [-0.1, -0.05) is 78.3 Å². The van der Waals surface area contributed by atoms with Gasteiger partial charge in [-0.25, -0.2) is 14.8 Å². The van der Waals surface area contributed by atoms with Crippen molar-refractivity contribution in [2.75, 3.05) is 33.9 Å². The van der Waals surface area contributed by atoms with E-state index in [9.17, 15) is 14.8 Å². The van der Waals surface area contributed by atoms with Gasteiger partial charge in [0, 0.05) is 46.7 Å². The third kappa shape index (κ3) is 8.88. The fourth-order valence-corrected chi connectivity index (χ4v) is 7.90. The zero-order chi connectivity index (χ0) is 36.8.